The number of carbonyl (C=O) groups excluding carboxylic acids is 1. The summed E-state index contributed by atoms with van der Waals surface area (Å²) in [5.74, 6) is -0.312. The number of sulfone groups is 1. The van der Waals surface area contributed by atoms with E-state index in [-0.39, 0.29) is 17.1 Å². The van der Waals surface area contributed by atoms with Gasteiger partial charge >= 0.3 is 0 Å². The molecule has 0 aliphatic carbocycles. The number of nitrogens with zero attached hydrogens (tertiary/aromatic N) is 3. The molecule has 1 aromatic heterocycles. The van der Waals surface area contributed by atoms with Crippen molar-refractivity contribution in [3.8, 4) is 0 Å². The quantitative estimate of drug-likeness (QED) is 0.847. The largest absolute Gasteiger partial charge is 0.342 e. The Labute approximate surface area is 126 Å². The van der Waals surface area contributed by atoms with Crippen LogP contribution >= 0.6 is 0 Å². The first-order chi connectivity index (χ1) is 9.85. The second kappa shape index (κ2) is 6.17. The predicted molar refractivity (Wildman–Crippen MR) is 79.7 cm³/mol. The molecule has 1 atom stereocenters. The minimum Gasteiger partial charge on any atom is -0.342 e. The third kappa shape index (κ3) is 3.12. The Balaban J connectivity index is 2.25. The molecule has 118 valence electrons. The van der Waals surface area contributed by atoms with E-state index in [9.17, 15) is 13.2 Å². The van der Waals surface area contributed by atoms with E-state index in [4.69, 9.17) is 0 Å². The van der Waals surface area contributed by atoms with Gasteiger partial charge in [-0.3, -0.25) is 4.79 Å². The van der Waals surface area contributed by atoms with Gasteiger partial charge in [0.05, 0.1) is 0 Å². The number of piperidine rings is 1. The van der Waals surface area contributed by atoms with E-state index in [0.717, 1.165) is 19.3 Å². The molecule has 0 N–H and O–H groups in total. The van der Waals surface area contributed by atoms with Crippen LogP contribution in [0.15, 0.2) is 17.6 Å². The molecule has 2 heterocycles. The minimum absolute atomic E-state index is 0.0182. The first kappa shape index (κ1) is 16.0. The third-order valence-electron chi connectivity index (χ3n) is 3.92. The van der Waals surface area contributed by atoms with Crippen molar-refractivity contribution in [3.63, 3.8) is 0 Å². The minimum atomic E-state index is -3.76. The van der Waals surface area contributed by atoms with Gasteiger partial charge in [-0.2, -0.15) is 0 Å². The Hall–Kier alpha value is -1.37. The Morgan fingerprint density at radius 1 is 1.19 bits per heavy atom. The maximum Gasteiger partial charge on any atom is 0.241 e. The van der Waals surface area contributed by atoms with Gasteiger partial charge in [-0.1, -0.05) is 0 Å². The molecule has 0 spiro atoms. The maximum absolute atomic E-state index is 12.7. The van der Waals surface area contributed by atoms with E-state index in [1.165, 1.54) is 13.1 Å². The van der Waals surface area contributed by atoms with Crippen molar-refractivity contribution in [1.29, 1.82) is 0 Å². The molecule has 21 heavy (non-hydrogen) atoms. The molecule has 1 fully saturated rings. The standard InChI is InChI=1S/C14H23N3O3S/c1-11(2)17-10-7-15-14(17)21(19,20)12(3)13(18)16-8-5-4-6-9-16/h7,10-12H,4-6,8-9H2,1-3H3. The average molecular weight is 313 g/mol. The predicted octanol–water partition coefficient (Wildman–Crippen LogP) is 1.64. The maximum atomic E-state index is 12.7. The summed E-state index contributed by atoms with van der Waals surface area (Å²) in [6, 6.07) is -0.0189. The highest BCUT2D eigenvalue weighted by Crippen LogP contribution is 2.21. The Kier molecular flexibility index (Phi) is 4.70. The zero-order chi connectivity index (χ0) is 15.6. The highest BCUT2D eigenvalue weighted by Gasteiger charge is 2.36. The number of imidazole rings is 1. The lowest BCUT2D eigenvalue weighted by Gasteiger charge is -2.29. The van der Waals surface area contributed by atoms with Crippen LogP contribution < -0.4 is 0 Å². The summed E-state index contributed by atoms with van der Waals surface area (Å²) in [6.45, 7) is 6.54. The van der Waals surface area contributed by atoms with Gasteiger partial charge in [0.1, 0.15) is 5.25 Å². The molecule has 1 amide bonds. The molecule has 0 saturated carbocycles. The molecule has 0 aromatic carbocycles. The van der Waals surface area contributed by atoms with E-state index < -0.39 is 15.1 Å². The van der Waals surface area contributed by atoms with Crippen molar-refractivity contribution in [3.05, 3.63) is 12.4 Å². The lowest BCUT2D eigenvalue weighted by atomic mass is 10.1. The van der Waals surface area contributed by atoms with Crippen molar-refractivity contribution in [2.75, 3.05) is 13.1 Å². The number of carbonyl (C=O) groups is 1. The smallest absolute Gasteiger partial charge is 0.241 e. The Bertz CT molecular complexity index is 601. The zero-order valence-electron chi connectivity index (χ0n) is 12.8. The Morgan fingerprint density at radius 3 is 2.38 bits per heavy atom. The zero-order valence-corrected chi connectivity index (χ0v) is 13.6. The molecule has 2 rings (SSSR count). The Morgan fingerprint density at radius 2 is 1.81 bits per heavy atom. The number of hydrogen-bond acceptors (Lipinski definition) is 4. The second-order valence-electron chi connectivity index (χ2n) is 5.78. The molecular formula is C14H23N3O3S. The second-order valence-corrected chi connectivity index (χ2v) is 7.95. The molecule has 1 saturated heterocycles. The van der Waals surface area contributed by atoms with Gasteiger partial charge in [0.2, 0.25) is 20.9 Å². The molecule has 7 heteroatoms. The fraction of sp³-hybridized carbons (Fsp3) is 0.714. The van der Waals surface area contributed by atoms with Crippen LogP contribution in [0.1, 0.15) is 46.1 Å². The van der Waals surface area contributed by atoms with Crippen molar-refractivity contribution in [2.24, 2.45) is 0 Å². The first-order valence-corrected chi connectivity index (χ1v) is 8.96. The summed E-state index contributed by atoms with van der Waals surface area (Å²) in [6.07, 6.45) is 6.08. The summed E-state index contributed by atoms with van der Waals surface area (Å²) >= 11 is 0. The van der Waals surface area contributed by atoms with Gasteiger partial charge in [-0.25, -0.2) is 13.4 Å². The van der Waals surface area contributed by atoms with Crippen LogP contribution in [0, 0.1) is 0 Å². The lowest BCUT2D eigenvalue weighted by molar-refractivity contribution is -0.131. The van der Waals surface area contributed by atoms with Crippen LogP contribution in [0.4, 0.5) is 0 Å². The van der Waals surface area contributed by atoms with Crippen LogP contribution in [0.2, 0.25) is 0 Å². The number of likely N-dealkylation sites (tertiary alicyclic amines) is 1. The number of rotatable bonds is 4. The van der Waals surface area contributed by atoms with Crippen molar-refractivity contribution in [2.45, 2.75) is 56.5 Å². The summed E-state index contributed by atoms with van der Waals surface area (Å²) in [5.41, 5.74) is 0. The SMILES string of the molecule is CC(C)n1ccnc1S(=O)(=O)C(C)C(=O)N1CCCCC1. The number of aromatic nitrogens is 2. The topological polar surface area (TPSA) is 72.3 Å². The van der Waals surface area contributed by atoms with E-state index in [0.29, 0.717) is 13.1 Å². The normalized spacial score (nSPS) is 18.0. The molecule has 0 bridgehead atoms. The van der Waals surface area contributed by atoms with Crippen LogP contribution in [0.3, 0.4) is 0 Å². The first-order valence-electron chi connectivity index (χ1n) is 7.41. The van der Waals surface area contributed by atoms with Crippen LogP contribution in [-0.2, 0) is 14.6 Å². The van der Waals surface area contributed by atoms with Crippen molar-refractivity contribution in [1.82, 2.24) is 14.5 Å². The van der Waals surface area contributed by atoms with E-state index in [1.807, 2.05) is 13.8 Å². The molecule has 1 aromatic rings. The number of hydrogen-bond donors (Lipinski definition) is 0. The molecular weight excluding hydrogens is 290 g/mol. The van der Waals surface area contributed by atoms with Crippen molar-refractivity contribution >= 4 is 15.7 Å². The van der Waals surface area contributed by atoms with Gasteiger partial charge in [0, 0.05) is 31.5 Å². The summed E-state index contributed by atoms with van der Waals surface area (Å²) in [4.78, 5) is 18.1. The monoisotopic (exact) mass is 313 g/mol. The molecule has 0 radical (unpaired) electrons. The van der Waals surface area contributed by atoms with Gasteiger partial charge in [-0.15, -0.1) is 0 Å². The van der Waals surface area contributed by atoms with Crippen LogP contribution in [0.25, 0.3) is 0 Å². The highest BCUT2D eigenvalue weighted by atomic mass is 32.2. The molecule has 1 aliphatic rings. The summed E-state index contributed by atoms with van der Waals surface area (Å²) in [7, 11) is -3.76. The van der Waals surface area contributed by atoms with E-state index in [1.54, 1.807) is 15.7 Å². The van der Waals surface area contributed by atoms with Gasteiger partial charge < -0.3 is 9.47 Å². The van der Waals surface area contributed by atoms with Crippen LogP contribution in [0.5, 0.6) is 0 Å². The van der Waals surface area contributed by atoms with Gasteiger partial charge in [0.15, 0.2) is 0 Å². The lowest BCUT2D eigenvalue weighted by Crippen LogP contribution is -2.44. The van der Waals surface area contributed by atoms with Gasteiger partial charge in [0.25, 0.3) is 0 Å². The average Bonchev–Trinajstić information content (AvgIpc) is 2.97. The van der Waals surface area contributed by atoms with Crippen molar-refractivity contribution < 1.29 is 13.2 Å². The molecule has 1 aliphatic heterocycles. The summed E-state index contributed by atoms with van der Waals surface area (Å²) < 4.78 is 26.9. The van der Waals surface area contributed by atoms with E-state index in [2.05, 4.69) is 4.98 Å². The van der Waals surface area contributed by atoms with E-state index >= 15 is 0 Å². The fourth-order valence-electron chi connectivity index (χ4n) is 2.57. The highest BCUT2D eigenvalue weighted by molar-refractivity contribution is 7.92. The van der Waals surface area contributed by atoms with Gasteiger partial charge in [-0.05, 0) is 40.0 Å². The summed E-state index contributed by atoms with van der Waals surface area (Å²) in [5, 5.41) is -1.11. The molecule has 1 unspecified atom stereocenters. The van der Waals surface area contributed by atoms with Crippen LogP contribution in [-0.4, -0.2) is 47.1 Å². The molecule has 6 nitrogen and oxygen atoms in total. The third-order valence-corrected chi connectivity index (χ3v) is 5.88. The fourth-order valence-corrected chi connectivity index (χ4v) is 4.08. The number of amides is 1.